The van der Waals surface area contributed by atoms with Gasteiger partial charge in [-0.25, -0.2) is 0 Å². The second-order valence-corrected chi connectivity index (χ2v) is 18.9. The molecule has 0 heterocycles. The van der Waals surface area contributed by atoms with Gasteiger partial charge in [0, 0.05) is 19.3 Å². The highest BCUT2D eigenvalue weighted by molar-refractivity contribution is 5.71. The minimum atomic E-state index is -0.790. The average Bonchev–Trinajstić information content (AvgIpc) is 3.34. The Bertz CT molecular complexity index is 1320. The molecule has 0 aromatic heterocycles. The van der Waals surface area contributed by atoms with Crippen LogP contribution in [0.2, 0.25) is 0 Å². The summed E-state index contributed by atoms with van der Waals surface area (Å²) in [6.07, 6.45) is 72.8. The molecule has 0 aromatic rings. The predicted octanol–water partition coefficient (Wildman–Crippen LogP) is 19.2. The Morgan fingerprint density at radius 2 is 0.662 bits per heavy atom. The molecule has 6 heteroatoms. The maximum atomic E-state index is 12.9. The highest BCUT2D eigenvalue weighted by Gasteiger charge is 2.19. The molecule has 6 nitrogen and oxygen atoms in total. The Hall–Kier alpha value is -3.41. The molecule has 0 aliphatic heterocycles. The number of ether oxygens (including phenoxy) is 3. The third-order valence-corrected chi connectivity index (χ3v) is 12.2. The van der Waals surface area contributed by atoms with Crippen LogP contribution >= 0.6 is 0 Å². The van der Waals surface area contributed by atoms with Crippen molar-refractivity contribution in [1.29, 1.82) is 0 Å². The summed E-state index contributed by atoms with van der Waals surface area (Å²) in [4.78, 5) is 38.2. The van der Waals surface area contributed by atoms with Crippen molar-refractivity contribution in [2.45, 2.75) is 277 Å². The van der Waals surface area contributed by atoms with E-state index in [4.69, 9.17) is 14.2 Å². The fraction of sp³-hybridized carbons (Fsp3) is 0.726. The Morgan fingerprint density at radius 1 is 0.324 bits per heavy atom. The van der Waals surface area contributed by atoms with Gasteiger partial charge < -0.3 is 14.2 Å². The topological polar surface area (TPSA) is 78.9 Å². The number of carbonyl (C=O) groups excluding carboxylic acids is 3. The van der Waals surface area contributed by atoms with Crippen molar-refractivity contribution in [1.82, 2.24) is 0 Å². The van der Waals surface area contributed by atoms with Crippen LogP contribution in [-0.4, -0.2) is 37.2 Å². The molecule has 0 aliphatic carbocycles. The average molecular weight is 948 g/mol. The van der Waals surface area contributed by atoms with Crippen molar-refractivity contribution in [3.8, 4) is 0 Å². The van der Waals surface area contributed by atoms with Gasteiger partial charge in [-0.1, -0.05) is 273 Å². The first-order valence-corrected chi connectivity index (χ1v) is 28.7. The number of hydrogen-bond acceptors (Lipinski definition) is 6. The molecule has 0 fully saturated rings. The van der Waals surface area contributed by atoms with Crippen LogP contribution in [0.1, 0.15) is 271 Å². The minimum absolute atomic E-state index is 0.0877. The Morgan fingerprint density at radius 3 is 1.07 bits per heavy atom. The van der Waals surface area contributed by atoms with E-state index < -0.39 is 6.10 Å². The molecule has 390 valence electrons. The van der Waals surface area contributed by atoms with E-state index in [-0.39, 0.29) is 31.1 Å². The van der Waals surface area contributed by atoms with E-state index in [9.17, 15) is 14.4 Å². The number of esters is 3. The van der Waals surface area contributed by atoms with Gasteiger partial charge in [-0.3, -0.25) is 14.4 Å². The second kappa shape index (κ2) is 56.2. The van der Waals surface area contributed by atoms with E-state index >= 15 is 0 Å². The molecular weight excluding hydrogens is 841 g/mol. The van der Waals surface area contributed by atoms with E-state index in [0.29, 0.717) is 19.3 Å². The van der Waals surface area contributed by atoms with Crippen LogP contribution in [0, 0.1) is 0 Å². The molecule has 0 aliphatic rings. The molecule has 0 bridgehead atoms. The van der Waals surface area contributed by atoms with Gasteiger partial charge in [-0.15, -0.1) is 0 Å². The lowest BCUT2D eigenvalue weighted by molar-refractivity contribution is -0.167. The third-order valence-electron chi connectivity index (χ3n) is 12.2. The normalized spacial score (nSPS) is 12.7. The molecule has 68 heavy (non-hydrogen) atoms. The lowest BCUT2D eigenvalue weighted by atomic mass is 10.0. The molecule has 0 N–H and O–H groups in total. The number of hydrogen-bond donors (Lipinski definition) is 0. The van der Waals surface area contributed by atoms with Crippen molar-refractivity contribution in [3.05, 3.63) is 85.1 Å². The van der Waals surface area contributed by atoms with E-state index in [2.05, 4.69) is 81.5 Å². The summed E-state index contributed by atoms with van der Waals surface area (Å²) in [5.74, 6) is -0.912. The van der Waals surface area contributed by atoms with Crippen LogP contribution in [-0.2, 0) is 28.6 Å². The third kappa shape index (κ3) is 53.5. The number of unbranched alkanes of at least 4 members (excludes halogenated alkanes) is 30. The summed E-state index contributed by atoms with van der Waals surface area (Å²) < 4.78 is 16.9. The van der Waals surface area contributed by atoms with Crippen LogP contribution < -0.4 is 0 Å². The zero-order valence-corrected chi connectivity index (χ0v) is 44.6. The molecule has 0 saturated heterocycles. The van der Waals surface area contributed by atoms with Crippen LogP contribution in [0.3, 0.4) is 0 Å². The highest BCUT2D eigenvalue weighted by Crippen LogP contribution is 2.16. The lowest BCUT2D eigenvalue weighted by Gasteiger charge is -2.18. The summed E-state index contributed by atoms with van der Waals surface area (Å²) in [5.41, 5.74) is 0. The second-order valence-electron chi connectivity index (χ2n) is 18.9. The monoisotopic (exact) mass is 947 g/mol. The summed E-state index contributed by atoms with van der Waals surface area (Å²) in [5, 5.41) is 0. The fourth-order valence-electron chi connectivity index (χ4n) is 7.98. The van der Waals surface area contributed by atoms with Crippen molar-refractivity contribution in [2.24, 2.45) is 0 Å². The largest absolute Gasteiger partial charge is 0.462 e. The smallest absolute Gasteiger partial charge is 0.306 e. The first-order valence-electron chi connectivity index (χ1n) is 28.7. The fourth-order valence-corrected chi connectivity index (χ4v) is 7.98. The predicted molar refractivity (Wildman–Crippen MR) is 293 cm³/mol. The molecule has 0 aromatic carbocycles. The lowest BCUT2D eigenvalue weighted by Crippen LogP contribution is -2.30. The van der Waals surface area contributed by atoms with E-state index in [1.165, 1.54) is 128 Å². The first-order chi connectivity index (χ1) is 33.5. The zero-order valence-electron chi connectivity index (χ0n) is 44.6. The molecule has 1 atom stereocenters. The minimum Gasteiger partial charge on any atom is -0.462 e. The van der Waals surface area contributed by atoms with Gasteiger partial charge >= 0.3 is 17.9 Å². The van der Waals surface area contributed by atoms with E-state index in [1.807, 2.05) is 24.3 Å². The molecule has 0 saturated carbocycles. The Labute approximate surface area is 420 Å². The van der Waals surface area contributed by atoms with Crippen LogP contribution in [0.5, 0.6) is 0 Å². The van der Waals surface area contributed by atoms with Crippen LogP contribution in [0.15, 0.2) is 85.1 Å². The van der Waals surface area contributed by atoms with Gasteiger partial charge in [0.25, 0.3) is 0 Å². The molecule has 0 rings (SSSR count). The molecule has 0 spiro atoms. The summed E-state index contributed by atoms with van der Waals surface area (Å²) in [6, 6.07) is 0. The zero-order chi connectivity index (χ0) is 49.3. The van der Waals surface area contributed by atoms with Gasteiger partial charge in [-0.05, 0) is 64.2 Å². The van der Waals surface area contributed by atoms with Crippen LogP contribution in [0.25, 0.3) is 0 Å². The van der Waals surface area contributed by atoms with Gasteiger partial charge in [0.1, 0.15) is 13.2 Å². The van der Waals surface area contributed by atoms with E-state index in [0.717, 1.165) is 103 Å². The van der Waals surface area contributed by atoms with Gasteiger partial charge in [-0.2, -0.15) is 0 Å². The van der Waals surface area contributed by atoms with Crippen molar-refractivity contribution >= 4 is 17.9 Å². The summed E-state index contributed by atoms with van der Waals surface area (Å²) in [6.45, 7) is 6.44. The number of rotatable bonds is 51. The van der Waals surface area contributed by atoms with Crippen molar-refractivity contribution < 1.29 is 28.6 Å². The Balaban J connectivity index is 4.42. The SMILES string of the molecule is CC/C=C\C/C=C\CCCCCCCCCC(=O)OCC(COC(=O)CCCCCCC\C=C/C=C\C=C/C=C\C=C/CCC)OC(=O)CCCCCCCCCCCCCCCCCCCC. The molecular formula is C62H106O6. The van der Waals surface area contributed by atoms with Crippen LogP contribution in [0.4, 0.5) is 0 Å². The highest BCUT2D eigenvalue weighted by atomic mass is 16.6. The summed E-state index contributed by atoms with van der Waals surface area (Å²) in [7, 11) is 0. The standard InChI is InChI=1S/C62H106O6/c1-4-7-10-13-16-19-22-25-28-30-32-34-37-40-43-46-49-52-55-61(64)67-58-59(57-66-60(63)54-51-48-45-42-39-36-27-24-21-18-15-12-9-6-3)68-62(65)56-53-50-47-44-41-38-35-33-31-29-26-23-20-17-14-11-8-5-2/h9-10,12-13,16,18-19,21-22,25,28,30,32,34,59H,4-8,11,14-15,17,20,23-24,26-27,29,31,33,35-58H2,1-3H3/b12-9-,13-10-,19-16-,21-18-,25-22-,30-28-,34-32-. The Kier molecular flexibility index (Phi) is 53.4. The maximum Gasteiger partial charge on any atom is 0.306 e. The number of allylic oxidation sites excluding steroid dienone is 14. The molecule has 0 amide bonds. The molecule has 0 radical (unpaired) electrons. The van der Waals surface area contributed by atoms with Crippen molar-refractivity contribution in [3.63, 3.8) is 0 Å². The summed E-state index contributed by atoms with van der Waals surface area (Å²) >= 11 is 0. The first kappa shape index (κ1) is 64.6. The van der Waals surface area contributed by atoms with Gasteiger partial charge in [0.2, 0.25) is 0 Å². The molecule has 1 unspecified atom stereocenters. The van der Waals surface area contributed by atoms with E-state index in [1.54, 1.807) is 0 Å². The van der Waals surface area contributed by atoms with Crippen molar-refractivity contribution in [2.75, 3.05) is 13.2 Å². The van der Waals surface area contributed by atoms with Gasteiger partial charge in [0.15, 0.2) is 6.10 Å². The maximum absolute atomic E-state index is 12.9. The quantitative estimate of drug-likeness (QED) is 0.0199. The van der Waals surface area contributed by atoms with Gasteiger partial charge in [0.05, 0.1) is 0 Å². The number of carbonyl (C=O) groups is 3.